The lowest BCUT2D eigenvalue weighted by molar-refractivity contribution is -0.151. The van der Waals surface area contributed by atoms with Crippen LogP contribution in [0, 0.1) is 17.8 Å². The van der Waals surface area contributed by atoms with Gasteiger partial charge in [-0.15, -0.1) is 0 Å². The maximum absolute atomic E-state index is 13.4. The van der Waals surface area contributed by atoms with Gasteiger partial charge in [0.25, 0.3) is 0 Å². The molecule has 15 heteroatoms. The fourth-order valence-electron chi connectivity index (χ4n) is 8.96. The molecule has 1 saturated carbocycles. The topological polar surface area (TPSA) is 228 Å². The zero-order valence-electron chi connectivity index (χ0n) is 39.3. The molecule has 1 aliphatic carbocycles. The van der Waals surface area contributed by atoms with E-state index in [1.165, 1.54) is 12.2 Å². The number of amides is 3. The molecule has 3 saturated heterocycles. The van der Waals surface area contributed by atoms with E-state index in [0.717, 1.165) is 30.4 Å². The summed E-state index contributed by atoms with van der Waals surface area (Å²) in [4.78, 5) is 63.8. The Morgan fingerprint density at radius 2 is 1.69 bits per heavy atom. The minimum Gasteiger partial charge on any atom is -0.462 e. The molecule has 0 aromatic heterocycles. The van der Waals surface area contributed by atoms with Gasteiger partial charge >= 0.3 is 5.97 Å². The van der Waals surface area contributed by atoms with Crippen LogP contribution in [0.4, 0.5) is 5.69 Å². The third-order valence-corrected chi connectivity index (χ3v) is 13.3. The molecule has 3 aliphatic heterocycles. The van der Waals surface area contributed by atoms with Crippen LogP contribution in [0.25, 0.3) is 0 Å². The highest BCUT2D eigenvalue weighted by Gasteiger charge is 2.58. The molecule has 4 fully saturated rings. The van der Waals surface area contributed by atoms with Gasteiger partial charge in [0.15, 0.2) is 0 Å². The maximum Gasteiger partial charge on any atom is 0.306 e. The molecular weight excluding hydrogens is 833 g/mol. The molecule has 1 unspecified atom stereocenters. The first-order valence-electron chi connectivity index (χ1n) is 23.6. The van der Waals surface area contributed by atoms with Gasteiger partial charge in [-0.1, -0.05) is 68.8 Å². The zero-order chi connectivity index (χ0) is 47.4. The molecule has 0 bridgehead atoms. The third-order valence-electron chi connectivity index (χ3n) is 13.3. The second-order valence-corrected chi connectivity index (χ2v) is 19.3. The summed E-state index contributed by atoms with van der Waals surface area (Å²) in [5.74, 6) is -0.928. The van der Waals surface area contributed by atoms with E-state index in [4.69, 9.17) is 24.7 Å². The summed E-state index contributed by atoms with van der Waals surface area (Å²) < 4.78 is 24.2. The molecule has 4 aliphatic rings. The standard InChI is InChI=1S/C50H74N4O11/c1-29(2)46(51)49(61)52-33(6)48(60)54-40-11-9-8-10-36(40)17-23-45(58)65-38-18-15-35(16-19-38)25-37(56)26-39-27-50(28-62-50)47(59)43(64-39)21-13-30(3)12-20-42-31(4)24-41(34(7)63-42)53-44(57)22-14-32(5)55/h8-14,21-22,29,31-35,38-39,41-43,46-47,55,59H,15-20,23-28,51H2,1-7H3,(H,52,61)(H,53,57)(H,54,60)/b21-13+,22-14-,30-12+/t31-,32-,33-,34+,35?,38?,39+,41?,42-,43+,46-,47+,50+/m0/s1. The summed E-state index contributed by atoms with van der Waals surface area (Å²) in [5.41, 5.74) is 7.54. The Kier molecular flexibility index (Phi) is 19.1. The second-order valence-electron chi connectivity index (χ2n) is 19.3. The fraction of sp³-hybridized carbons (Fsp3) is 0.660. The van der Waals surface area contributed by atoms with Crippen LogP contribution >= 0.6 is 0 Å². The molecule has 5 rings (SSSR count). The van der Waals surface area contributed by atoms with Crippen molar-refractivity contribution >= 4 is 35.2 Å². The number of aliphatic hydroxyl groups is 2. The lowest BCUT2D eigenvalue weighted by Gasteiger charge is -2.39. The van der Waals surface area contributed by atoms with Crippen LogP contribution in [0.5, 0.6) is 0 Å². The van der Waals surface area contributed by atoms with Gasteiger partial charge in [0.2, 0.25) is 17.7 Å². The van der Waals surface area contributed by atoms with E-state index in [-0.39, 0.29) is 78.7 Å². The summed E-state index contributed by atoms with van der Waals surface area (Å²) in [7, 11) is 0. The summed E-state index contributed by atoms with van der Waals surface area (Å²) in [6.07, 6.45) is 11.7. The Hall–Kier alpha value is -4.25. The van der Waals surface area contributed by atoms with Gasteiger partial charge in [0, 0.05) is 37.4 Å². The van der Waals surface area contributed by atoms with Crippen LogP contribution in [0.2, 0.25) is 0 Å². The van der Waals surface area contributed by atoms with E-state index >= 15 is 0 Å². The van der Waals surface area contributed by atoms with E-state index in [2.05, 4.69) is 29.0 Å². The molecule has 7 N–H and O–H groups in total. The quantitative estimate of drug-likeness (QED) is 0.0444. The second kappa shape index (κ2) is 24.0. The predicted molar refractivity (Wildman–Crippen MR) is 246 cm³/mol. The van der Waals surface area contributed by atoms with Crippen molar-refractivity contribution in [3.63, 3.8) is 0 Å². The number of aryl methyl sites for hydroxylation is 1. The number of allylic oxidation sites excluding steroid dienone is 2. The normalized spacial score (nSPS) is 30.8. The third kappa shape index (κ3) is 15.7. The van der Waals surface area contributed by atoms with E-state index in [1.807, 2.05) is 52.0 Å². The number of rotatable bonds is 20. The number of ether oxygens (including phenoxy) is 4. The van der Waals surface area contributed by atoms with Crippen LogP contribution in [0.1, 0.15) is 118 Å². The Morgan fingerprint density at radius 3 is 2.37 bits per heavy atom. The molecule has 65 heavy (non-hydrogen) atoms. The fourth-order valence-corrected chi connectivity index (χ4v) is 8.96. The number of ketones is 1. The van der Waals surface area contributed by atoms with Crippen LogP contribution in [0.3, 0.4) is 0 Å². The first kappa shape index (κ1) is 51.7. The van der Waals surface area contributed by atoms with Crippen LogP contribution in [0.15, 0.2) is 60.2 Å². The van der Waals surface area contributed by atoms with Crippen molar-refractivity contribution in [3.8, 4) is 0 Å². The van der Waals surface area contributed by atoms with Gasteiger partial charge in [0.05, 0.1) is 43.1 Å². The van der Waals surface area contributed by atoms with Crippen molar-refractivity contribution in [2.45, 2.75) is 186 Å². The average Bonchev–Trinajstić information content (AvgIpc) is 4.03. The van der Waals surface area contributed by atoms with Crippen LogP contribution < -0.4 is 21.7 Å². The van der Waals surface area contributed by atoms with Crippen molar-refractivity contribution in [1.82, 2.24) is 10.6 Å². The summed E-state index contributed by atoms with van der Waals surface area (Å²) >= 11 is 0. The average molecular weight is 907 g/mol. The Labute approximate surface area is 384 Å². The number of carbonyl (C=O) groups excluding carboxylic acids is 5. The molecule has 360 valence electrons. The molecule has 15 nitrogen and oxygen atoms in total. The molecule has 1 spiro atoms. The number of carbonyl (C=O) groups is 5. The number of benzene rings is 1. The number of hydrogen-bond donors (Lipinski definition) is 6. The number of anilines is 1. The molecule has 3 heterocycles. The summed E-state index contributed by atoms with van der Waals surface area (Å²) in [6, 6.07) is 5.58. The summed E-state index contributed by atoms with van der Waals surface area (Å²) in [5, 5.41) is 29.1. The SMILES string of the molecule is CC(/C=C/[C@H]1O[C@H](CC(=O)CC2CCC(OC(=O)CCc3ccccc3NC(=O)[C@H](C)NC(=O)[C@@H](N)C(C)C)CC2)C[C@@]2(CO2)[C@@H]1O)=C\C[C@@H]1O[C@H](C)C(NC(=O)/C=C\[C@H](C)O)C[C@@H]1C. The van der Waals surface area contributed by atoms with Crippen molar-refractivity contribution < 1.29 is 53.1 Å². The number of Topliss-reactive ketones (excluding diaryl/α,β-unsaturated/α-hetero) is 1. The van der Waals surface area contributed by atoms with Crippen molar-refractivity contribution in [3.05, 3.63) is 65.8 Å². The number of nitrogens with one attached hydrogen (secondary N) is 3. The van der Waals surface area contributed by atoms with Gasteiger partial charge in [-0.05, 0) is 102 Å². The number of hydrogen-bond acceptors (Lipinski definition) is 12. The Balaban J connectivity index is 1.02. The van der Waals surface area contributed by atoms with E-state index in [1.54, 1.807) is 26.0 Å². The van der Waals surface area contributed by atoms with Gasteiger partial charge in [-0.2, -0.15) is 0 Å². The molecule has 1 aromatic carbocycles. The van der Waals surface area contributed by atoms with Gasteiger partial charge in [0.1, 0.15) is 35.7 Å². The smallest absolute Gasteiger partial charge is 0.306 e. The largest absolute Gasteiger partial charge is 0.462 e. The first-order chi connectivity index (χ1) is 30.8. The molecule has 11 atom stereocenters. The molecule has 1 aromatic rings. The highest BCUT2D eigenvalue weighted by Crippen LogP contribution is 2.44. The lowest BCUT2D eigenvalue weighted by atomic mass is 9.82. The van der Waals surface area contributed by atoms with Gasteiger partial charge in [-0.25, -0.2) is 0 Å². The van der Waals surface area contributed by atoms with Crippen LogP contribution in [-0.4, -0.2) is 113 Å². The highest BCUT2D eigenvalue weighted by atomic mass is 16.6. The predicted octanol–water partition coefficient (Wildman–Crippen LogP) is 4.91. The van der Waals surface area contributed by atoms with Gasteiger partial charge < -0.3 is 50.8 Å². The van der Waals surface area contributed by atoms with E-state index in [9.17, 15) is 34.2 Å². The first-order valence-corrected chi connectivity index (χ1v) is 23.6. The number of epoxide rings is 1. The van der Waals surface area contributed by atoms with Crippen molar-refractivity contribution in [2.75, 3.05) is 11.9 Å². The van der Waals surface area contributed by atoms with Crippen LogP contribution in [-0.2, 0) is 49.3 Å². The number of nitrogens with two attached hydrogens (primary N) is 1. The lowest BCUT2D eigenvalue weighted by Crippen LogP contribution is -2.50. The minimum absolute atomic E-state index is 0.0220. The molecule has 3 amide bonds. The van der Waals surface area contributed by atoms with Gasteiger partial charge in [-0.3, -0.25) is 24.0 Å². The number of para-hydroxylation sites is 1. The highest BCUT2D eigenvalue weighted by molar-refractivity contribution is 5.98. The minimum atomic E-state index is -0.847. The maximum atomic E-state index is 13.4. The number of esters is 1. The summed E-state index contributed by atoms with van der Waals surface area (Å²) in [6.45, 7) is 13.3. The van der Waals surface area contributed by atoms with E-state index in [0.29, 0.717) is 50.8 Å². The zero-order valence-corrected chi connectivity index (χ0v) is 39.3. The van der Waals surface area contributed by atoms with Crippen molar-refractivity contribution in [1.29, 1.82) is 0 Å². The Morgan fingerprint density at radius 1 is 0.985 bits per heavy atom. The number of aliphatic hydroxyl groups excluding tert-OH is 2. The Bertz CT molecular complexity index is 1880. The molecular formula is C50H74N4O11. The van der Waals surface area contributed by atoms with Crippen molar-refractivity contribution in [2.24, 2.45) is 23.5 Å². The van der Waals surface area contributed by atoms with E-state index < -0.39 is 47.8 Å². The monoisotopic (exact) mass is 907 g/mol. The molecule has 0 radical (unpaired) electrons.